The van der Waals surface area contributed by atoms with Crippen molar-refractivity contribution < 1.29 is 18.7 Å². The van der Waals surface area contributed by atoms with Crippen molar-refractivity contribution in [3.05, 3.63) is 48.4 Å². The molecule has 0 radical (unpaired) electrons. The van der Waals surface area contributed by atoms with Crippen LogP contribution in [-0.2, 0) is 4.79 Å². The van der Waals surface area contributed by atoms with Gasteiger partial charge in [0.05, 0.1) is 13.4 Å². The lowest BCUT2D eigenvalue weighted by atomic mass is 10.0. The monoisotopic (exact) mass is 316 g/mol. The lowest BCUT2D eigenvalue weighted by Gasteiger charge is -2.21. The van der Waals surface area contributed by atoms with Crippen LogP contribution in [0.2, 0.25) is 0 Å². The Morgan fingerprint density at radius 2 is 1.96 bits per heavy atom. The van der Waals surface area contributed by atoms with Crippen LogP contribution in [0.1, 0.15) is 24.4 Å². The summed E-state index contributed by atoms with van der Waals surface area (Å²) in [7, 11) is 1.56. The van der Waals surface area contributed by atoms with Gasteiger partial charge in [-0.2, -0.15) is 0 Å². The molecule has 0 unspecified atom stereocenters. The number of methoxy groups -OCH3 is 1. The molecule has 2 amide bonds. The van der Waals surface area contributed by atoms with Crippen molar-refractivity contribution in [2.75, 3.05) is 12.4 Å². The summed E-state index contributed by atoms with van der Waals surface area (Å²) in [6.07, 6.45) is 1.41. The van der Waals surface area contributed by atoms with E-state index in [1.54, 1.807) is 43.5 Å². The molecule has 1 heterocycles. The molecular weight excluding hydrogens is 296 g/mol. The maximum atomic E-state index is 12.5. The van der Waals surface area contributed by atoms with Crippen molar-refractivity contribution in [3.8, 4) is 5.75 Å². The van der Waals surface area contributed by atoms with Crippen LogP contribution in [0, 0.1) is 5.92 Å². The maximum Gasteiger partial charge on any atom is 0.287 e. The molecule has 2 rings (SSSR count). The van der Waals surface area contributed by atoms with Crippen LogP contribution in [0.4, 0.5) is 5.69 Å². The molecule has 0 aliphatic heterocycles. The van der Waals surface area contributed by atoms with Crippen LogP contribution < -0.4 is 15.4 Å². The highest BCUT2D eigenvalue weighted by atomic mass is 16.5. The van der Waals surface area contributed by atoms with E-state index < -0.39 is 11.9 Å². The number of furan rings is 1. The third kappa shape index (κ3) is 4.35. The number of carbonyl (C=O) groups is 2. The van der Waals surface area contributed by atoms with Gasteiger partial charge in [-0.1, -0.05) is 19.9 Å². The Labute approximate surface area is 134 Å². The molecule has 1 aromatic heterocycles. The number of nitrogens with one attached hydrogen (secondary N) is 2. The van der Waals surface area contributed by atoms with Crippen LogP contribution >= 0.6 is 0 Å². The van der Waals surface area contributed by atoms with E-state index in [0.29, 0.717) is 11.4 Å². The van der Waals surface area contributed by atoms with E-state index >= 15 is 0 Å². The zero-order valence-corrected chi connectivity index (χ0v) is 13.3. The van der Waals surface area contributed by atoms with E-state index in [1.165, 1.54) is 6.26 Å². The van der Waals surface area contributed by atoms with Crippen molar-refractivity contribution in [2.45, 2.75) is 19.9 Å². The highest BCUT2D eigenvalue weighted by Gasteiger charge is 2.25. The average molecular weight is 316 g/mol. The van der Waals surface area contributed by atoms with Crippen LogP contribution in [0.5, 0.6) is 5.75 Å². The lowest BCUT2D eigenvalue weighted by Crippen LogP contribution is -2.47. The Hall–Kier alpha value is -2.76. The molecule has 0 saturated heterocycles. The molecule has 2 aromatic rings. The zero-order chi connectivity index (χ0) is 16.8. The molecule has 1 aromatic carbocycles. The van der Waals surface area contributed by atoms with Crippen molar-refractivity contribution in [1.29, 1.82) is 0 Å². The standard InChI is InChI=1S/C17H20N2O4/c1-11(2)15(19-16(20)14-8-5-9-23-14)17(21)18-12-6-4-7-13(10-12)22-3/h4-11,15H,1-3H3,(H,18,21)(H,19,20)/t15-/m1/s1. The molecule has 6 nitrogen and oxygen atoms in total. The molecule has 23 heavy (non-hydrogen) atoms. The largest absolute Gasteiger partial charge is 0.497 e. The first kappa shape index (κ1) is 16.6. The number of rotatable bonds is 6. The second-order valence-corrected chi connectivity index (χ2v) is 5.39. The fraction of sp³-hybridized carbons (Fsp3) is 0.294. The summed E-state index contributed by atoms with van der Waals surface area (Å²) in [6, 6.07) is 9.52. The van der Waals surface area contributed by atoms with Gasteiger partial charge in [0.15, 0.2) is 5.76 Å². The topological polar surface area (TPSA) is 80.6 Å². The smallest absolute Gasteiger partial charge is 0.287 e. The van der Waals surface area contributed by atoms with Crippen molar-refractivity contribution in [2.24, 2.45) is 5.92 Å². The third-order valence-corrected chi connectivity index (χ3v) is 3.32. The van der Waals surface area contributed by atoms with E-state index in [9.17, 15) is 9.59 Å². The second kappa shape index (κ2) is 7.49. The predicted molar refractivity (Wildman–Crippen MR) is 86.4 cm³/mol. The van der Waals surface area contributed by atoms with Gasteiger partial charge in [-0.05, 0) is 30.2 Å². The number of benzene rings is 1. The van der Waals surface area contributed by atoms with Gasteiger partial charge < -0.3 is 19.8 Å². The number of ether oxygens (including phenoxy) is 1. The quantitative estimate of drug-likeness (QED) is 0.858. The van der Waals surface area contributed by atoms with Gasteiger partial charge in [0, 0.05) is 11.8 Å². The minimum atomic E-state index is -0.682. The summed E-state index contributed by atoms with van der Waals surface area (Å²) in [5, 5.41) is 5.48. The first-order valence-corrected chi connectivity index (χ1v) is 7.30. The molecule has 2 N–H and O–H groups in total. The molecular formula is C17H20N2O4. The van der Waals surface area contributed by atoms with E-state index in [2.05, 4.69) is 10.6 Å². The lowest BCUT2D eigenvalue weighted by molar-refractivity contribution is -0.118. The van der Waals surface area contributed by atoms with Gasteiger partial charge in [-0.25, -0.2) is 0 Å². The molecule has 6 heteroatoms. The second-order valence-electron chi connectivity index (χ2n) is 5.39. The highest BCUT2D eigenvalue weighted by Crippen LogP contribution is 2.17. The van der Waals surface area contributed by atoms with Crippen molar-refractivity contribution in [1.82, 2.24) is 5.32 Å². The fourth-order valence-corrected chi connectivity index (χ4v) is 2.08. The Balaban J connectivity index is 2.07. The molecule has 0 saturated carbocycles. The Morgan fingerprint density at radius 3 is 2.57 bits per heavy atom. The molecule has 0 aliphatic carbocycles. The summed E-state index contributed by atoms with van der Waals surface area (Å²) in [5.74, 6) is 0.00974. The molecule has 1 atom stereocenters. The third-order valence-electron chi connectivity index (χ3n) is 3.32. The minimum Gasteiger partial charge on any atom is -0.497 e. The van der Waals surface area contributed by atoms with Crippen molar-refractivity contribution >= 4 is 17.5 Å². The van der Waals surface area contributed by atoms with Crippen molar-refractivity contribution in [3.63, 3.8) is 0 Å². The van der Waals surface area contributed by atoms with E-state index in [0.717, 1.165) is 0 Å². The van der Waals surface area contributed by atoms with Crippen LogP contribution in [0.3, 0.4) is 0 Å². The summed E-state index contributed by atoms with van der Waals surface area (Å²) in [5.41, 5.74) is 0.604. The zero-order valence-electron chi connectivity index (χ0n) is 13.3. The van der Waals surface area contributed by atoms with E-state index in [1.807, 2.05) is 13.8 Å². The minimum absolute atomic E-state index is 0.0838. The van der Waals surface area contributed by atoms with Gasteiger partial charge in [0.1, 0.15) is 11.8 Å². The highest BCUT2D eigenvalue weighted by molar-refractivity contribution is 6.00. The number of amides is 2. The number of hydrogen-bond donors (Lipinski definition) is 2. The molecule has 122 valence electrons. The normalized spacial score (nSPS) is 11.8. The molecule has 0 bridgehead atoms. The molecule has 0 fully saturated rings. The van der Waals surface area contributed by atoms with E-state index in [-0.39, 0.29) is 17.6 Å². The summed E-state index contributed by atoms with van der Waals surface area (Å²) in [4.78, 5) is 24.5. The average Bonchev–Trinajstić information content (AvgIpc) is 3.06. The fourth-order valence-electron chi connectivity index (χ4n) is 2.08. The summed E-state index contributed by atoms with van der Waals surface area (Å²) < 4.78 is 10.2. The van der Waals surface area contributed by atoms with Crippen LogP contribution in [0.25, 0.3) is 0 Å². The van der Waals surface area contributed by atoms with E-state index in [4.69, 9.17) is 9.15 Å². The Morgan fingerprint density at radius 1 is 1.17 bits per heavy atom. The summed E-state index contributed by atoms with van der Waals surface area (Å²) >= 11 is 0. The number of carbonyl (C=O) groups excluding carboxylic acids is 2. The number of hydrogen-bond acceptors (Lipinski definition) is 4. The SMILES string of the molecule is COc1cccc(NC(=O)[C@H](NC(=O)c2ccco2)C(C)C)c1. The van der Waals surface area contributed by atoms with Gasteiger partial charge in [0.25, 0.3) is 5.91 Å². The van der Waals surface area contributed by atoms with Gasteiger partial charge >= 0.3 is 0 Å². The molecule has 0 spiro atoms. The first-order valence-electron chi connectivity index (χ1n) is 7.30. The maximum absolute atomic E-state index is 12.5. The Kier molecular flexibility index (Phi) is 5.41. The summed E-state index contributed by atoms with van der Waals surface area (Å²) in [6.45, 7) is 3.72. The molecule has 0 aliphatic rings. The van der Waals surface area contributed by atoms with Gasteiger partial charge in [-0.15, -0.1) is 0 Å². The van der Waals surface area contributed by atoms with Crippen LogP contribution in [-0.4, -0.2) is 25.0 Å². The van der Waals surface area contributed by atoms with Gasteiger partial charge in [0.2, 0.25) is 5.91 Å². The van der Waals surface area contributed by atoms with Gasteiger partial charge in [-0.3, -0.25) is 9.59 Å². The Bertz CT molecular complexity index is 665. The predicted octanol–water partition coefficient (Wildman–Crippen LogP) is 2.68. The van der Waals surface area contributed by atoms with Crippen LogP contribution in [0.15, 0.2) is 47.1 Å². The number of anilines is 1. The first-order chi connectivity index (χ1) is 11.0.